The van der Waals surface area contributed by atoms with Gasteiger partial charge in [0.25, 0.3) is 11.5 Å². The Morgan fingerprint density at radius 3 is 2.57 bits per heavy atom. The summed E-state index contributed by atoms with van der Waals surface area (Å²) in [6.45, 7) is 1.96. The molecule has 3 rings (SSSR count). The van der Waals surface area contributed by atoms with Gasteiger partial charge in [-0.3, -0.25) is 9.59 Å². The molecular formula is C16H13N3O2. The standard InChI is InChI=1S/C16H13N3O2/c1-10-6-8-11(9-7-10)17-15(20)14-16(21)19-13-5-3-2-4-12(13)18-14/h2-9H,1H3,(H,17,20)(H,19,21). The SMILES string of the molecule is Cc1ccc(NC(=O)c2nc3ccccc3[nH]c2=O)cc1. The van der Waals surface area contributed by atoms with Gasteiger partial charge in [0.05, 0.1) is 11.0 Å². The third-order valence-corrected chi connectivity index (χ3v) is 3.12. The summed E-state index contributed by atoms with van der Waals surface area (Å²) in [4.78, 5) is 30.9. The van der Waals surface area contributed by atoms with Crippen LogP contribution in [0.2, 0.25) is 0 Å². The molecule has 1 heterocycles. The van der Waals surface area contributed by atoms with Crippen molar-refractivity contribution in [2.45, 2.75) is 6.92 Å². The molecule has 0 bridgehead atoms. The molecular weight excluding hydrogens is 266 g/mol. The summed E-state index contributed by atoms with van der Waals surface area (Å²) in [5.41, 5.74) is 2.25. The van der Waals surface area contributed by atoms with Gasteiger partial charge in [-0.25, -0.2) is 4.98 Å². The molecule has 0 unspecified atom stereocenters. The zero-order valence-electron chi connectivity index (χ0n) is 11.4. The topological polar surface area (TPSA) is 74.8 Å². The predicted octanol–water partition coefficient (Wildman–Crippen LogP) is 2.48. The van der Waals surface area contributed by atoms with Crippen molar-refractivity contribution in [3.05, 3.63) is 70.1 Å². The van der Waals surface area contributed by atoms with E-state index in [9.17, 15) is 9.59 Å². The highest BCUT2D eigenvalue weighted by atomic mass is 16.2. The molecule has 0 aliphatic heterocycles. The molecule has 5 heteroatoms. The van der Waals surface area contributed by atoms with Crippen molar-refractivity contribution in [3.8, 4) is 0 Å². The number of hydrogen-bond donors (Lipinski definition) is 2. The summed E-state index contributed by atoms with van der Waals surface area (Å²) in [6.07, 6.45) is 0. The summed E-state index contributed by atoms with van der Waals surface area (Å²) in [5, 5.41) is 2.67. The molecule has 0 spiro atoms. The zero-order valence-corrected chi connectivity index (χ0v) is 11.4. The molecule has 0 fully saturated rings. The number of para-hydroxylation sites is 2. The Balaban J connectivity index is 1.95. The Bertz CT molecular complexity index is 867. The van der Waals surface area contributed by atoms with Gasteiger partial charge in [0.15, 0.2) is 5.69 Å². The van der Waals surface area contributed by atoms with Crippen LogP contribution in [0.25, 0.3) is 11.0 Å². The van der Waals surface area contributed by atoms with Crippen molar-refractivity contribution in [1.82, 2.24) is 9.97 Å². The van der Waals surface area contributed by atoms with E-state index in [0.29, 0.717) is 16.7 Å². The number of benzene rings is 2. The molecule has 0 aliphatic carbocycles. The first kappa shape index (κ1) is 13.1. The lowest BCUT2D eigenvalue weighted by atomic mass is 10.2. The van der Waals surface area contributed by atoms with Crippen molar-refractivity contribution >= 4 is 22.6 Å². The smallest absolute Gasteiger partial charge is 0.280 e. The fourth-order valence-electron chi connectivity index (χ4n) is 2.01. The Labute approximate surface area is 120 Å². The molecule has 1 amide bonds. The minimum atomic E-state index is -0.522. The second-order valence-electron chi connectivity index (χ2n) is 4.75. The van der Waals surface area contributed by atoms with Crippen LogP contribution in [0.1, 0.15) is 16.1 Å². The highest BCUT2D eigenvalue weighted by Gasteiger charge is 2.13. The molecule has 0 saturated heterocycles. The van der Waals surface area contributed by atoms with Gasteiger partial charge in [0, 0.05) is 5.69 Å². The van der Waals surface area contributed by atoms with Crippen LogP contribution < -0.4 is 10.9 Å². The highest BCUT2D eigenvalue weighted by molar-refractivity contribution is 6.03. The van der Waals surface area contributed by atoms with Gasteiger partial charge in [-0.15, -0.1) is 0 Å². The lowest BCUT2D eigenvalue weighted by Crippen LogP contribution is -2.25. The number of nitrogens with zero attached hydrogens (tertiary/aromatic N) is 1. The average Bonchev–Trinajstić information content (AvgIpc) is 2.49. The van der Waals surface area contributed by atoms with E-state index in [4.69, 9.17) is 0 Å². The number of carbonyl (C=O) groups excluding carboxylic acids is 1. The van der Waals surface area contributed by atoms with Gasteiger partial charge in [-0.05, 0) is 31.2 Å². The Hall–Kier alpha value is -2.95. The van der Waals surface area contributed by atoms with Crippen LogP contribution in [0.15, 0.2) is 53.3 Å². The normalized spacial score (nSPS) is 10.5. The summed E-state index contributed by atoms with van der Waals surface area (Å²) in [5.74, 6) is -0.522. The first-order valence-corrected chi connectivity index (χ1v) is 6.50. The predicted molar refractivity (Wildman–Crippen MR) is 81.5 cm³/mol. The number of aryl methyl sites for hydroxylation is 1. The number of H-pyrrole nitrogens is 1. The molecule has 2 N–H and O–H groups in total. The molecule has 0 aliphatic rings. The van der Waals surface area contributed by atoms with E-state index in [-0.39, 0.29) is 5.69 Å². The van der Waals surface area contributed by atoms with Gasteiger partial charge in [0.2, 0.25) is 0 Å². The van der Waals surface area contributed by atoms with Crippen LogP contribution in [-0.4, -0.2) is 15.9 Å². The maximum absolute atomic E-state index is 12.2. The quantitative estimate of drug-likeness (QED) is 0.756. The number of aromatic amines is 1. The number of fused-ring (bicyclic) bond motifs is 1. The third-order valence-electron chi connectivity index (χ3n) is 3.12. The van der Waals surface area contributed by atoms with E-state index in [1.54, 1.807) is 36.4 Å². The lowest BCUT2D eigenvalue weighted by molar-refractivity contribution is 0.102. The zero-order chi connectivity index (χ0) is 14.8. The van der Waals surface area contributed by atoms with Gasteiger partial charge in [0.1, 0.15) is 0 Å². The van der Waals surface area contributed by atoms with Crippen LogP contribution in [0.5, 0.6) is 0 Å². The summed E-state index contributed by atoms with van der Waals surface area (Å²) in [7, 11) is 0. The van der Waals surface area contributed by atoms with Gasteiger partial charge < -0.3 is 10.3 Å². The maximum Gasteiger partial charge on any atom is 0.280 e. The summed E-state index contributed by atoms with van der Waals surface area (Å²) >= 11 is 0. The Morgan fingerprint density at radius 2 is 1.81 bits per heavy atom. The van der Waals surface area contributed by atoms with Crippen LogP contribution in [-0.2, 0) is 0 Å². The molecule has 2 aromatic carbocycles. The summed E-state index contributed by atoms with van der Waals surface area (Å²) < 4.78 is 0. The van der Waals surface area contributed by atoms with E-state index < -0.39 is 11.5 Å². The van der Waals surface area contributed by atoms with Gasteiger partial charge in [-0.2, -0.15) is 0 Å². The maximum atomic E-state index is 12.2. The van der Waals surface area contributed by atoms with Gasteiger partial charge in [-0.1, -0.05) is 29.8 Å². The van der Waals surface area contributed by atoms with Crippen LogP contribution in [0.3, 0.4) is 0 Å². The fourth-order valence-corrected chi connectivity index (χ4v) is 2.01. The molecule has 1 aromatic heterocycles. The lowest BCUT2D eigenvalue weighted by Gasteiger charge is -2.05. The van der Waals surface area contributed by atoms with Gasteiger partial charge >= 0.3 is 0 Å². The van der Waals surface area contributed by atoms with E-state index >= 15 is 0 Å². The number of rotatable bonds is 2. The average molecular weight is 279 g/mol. The van der Waals surface area contributed by atoms with Crippen molar-refractivity contribution in [2.75, 3.05) is 5.32 Å². The van der Waals surface area contributed by atoms with Crippen molar-refractivity contribution in [3.63, 3.8) is 0 Å². The number of carbonyl (C=O) groups is 1. The molecule has 104 valence electrons. The van der Waals surface area contributed by atoms with Crippen molar-refractivity contribution < 1.29 is 4.79 Å². The van der Waals surface area contributed by atoms with E-state index in [1.165, 1.54) is 0 Å². The largest absolute Gasteiger partial charge is 0.320 e. The third kappa shape index (κ3) is 2.67. The molecule has 3 aromatic rings. The van der Waals surface area contributed by atoms with Crippen LogP contribution >= 0.6 is 0 Å². The first-order chi connectivity index (χ1) is 10.1. The van der Waals surface area contributed by atoms with E-state index in [1.807, 2.05) is 19.1 Å². The highest BCUT2D eigenvalue weighted by Crippen LogP contribution is 2.10. The van der Waals surface area contributed by atoms with Crippen molar-refractivity contribution in [2.24, 2.45) is 0 Å². The monoisotopic (exact) mass is 279 g/mol. The molecule has 5 nitrogen and oxygen atoms in total. The molecule has 0 radical (unpaired) electrons. The van der Waals surface area contributed by atoms with E-state index in [0.717, 1.165) is 5.56 Å². The number of hydrogen-bond acceptors (Lipinski definition) is 3. The Morgan fingerprint density at radius 1 is 1.10 bits per heavy atom. The second-order valence-corrected chi connectivity index (χ2v) is 4.75. The molecule has 21 heavy (non-hydrogen) atoms. The minimum absolute atomic E-state index is 0.144. The fraction of sp³-hybridized carbons (Fsp3) is 0.0625. The van der Waals surface area contributed by atoms with Crippen molar-refractivity contribution in [1.29, 1.82) is 0 Å². The molecule has 0 atom stereocenters. The van der Waals surface area contributed by atoms with E-state index in [2.05, 4.69) is 15.3 Å². The minimum Gasteiger partial charge on any atom is -0.320 e. The first-order valence-electron chi connectivity index (χ1n) is 6.50. The summed E-state index contributed by atoms with van der Waals surface area (Å²) in [6, 6.07) is 14.4. The second kappa shape index (κ2) is 5.20. The number of nitrogens with one attached hydrogen (secondary N) is 2. The number of anilines is 1. The van der Waals surface area contributed by atoms with Crippen LogP contribution in [0, 0.1) is 6.92 Å². The molecule has 0 saturated carbocycles. The van der Waals surface area contributed by atoms with Crippen LogP contribution in [0.4, 0.5) is 5.69 Å². The number of aromatic nitrogens is 2. The number of amides is 1. The Kier molecular flexibility index (Phi) is 3.23.